The van der Waals surface area contributed by atoms with E-state index in [1.54, 1.807) is 0 Å². The number of thioether (sulfide) groups is 1. The van der Waals surface area contributed by atoms with Crippen LogP contribution in [-0.4, -0.2) is 78.2 Å². The molecule has 0 aliphatic carbocycles. The van der Waals surface area contributed by atoms with E-state index in [-0.39, 0.29) is 10.2 Å². The number of aliphatic imine (C=N–C) groups is 1. The predicted molar refractivity (Wildman–Crippen MR) is 102 cm³/mol. The van der Waals surface area contributed by atoms with Crippen molar-refractivity contribution < 1.29 is 28.6 Å². The van der Waals surface area contributed by atoms with Crippen LogP contribution in [0.1, 0.15) is 27.2 Å². The number of hydrogen-bond acceptors (Lipinski definition) is 6. The van der Waals surface area contributed by atoms with Gasteiger partial charge in [0.1, 0.15) is 17.6 Å². The first kappa shape index (κ1) is 21.6. The zero-order chi connectivity index (χ0) is 19.9. The highest BCUT2D eigenvalue weighted by atomic mass is 32.2. The van der Waals surface area contributed by atoms with Gasteiger partial charge in [0.15, 0.2) is 19.7 Å². The molecule has 2 heterocycles. The molecule has 2 aliphatic rings. The highest BCUT2D eigenvalue weighted by molar-refractivity contribution is 8.14. The molecular weight excluding hydrogens is 379 g/mol. The van der Waals surface area contributed by atoms with Crippen molar-refractivity contribution in [1.82, 2.24) is 4.90 Å². The minimum atomic E-state index is -1.92. The predicted octanol–water partition coefficient (Wildman–Crippen LogP) is 2.90. The maximum atomic E-state index is 14.6. The van der Waals surface area contributed by atoms with Gasteiger partial charge in [-0.15, -0.1) is 0 Å². The number of aliphatic hydroxyl groups is 1. The van der Waals surface area contributed by atoms with Crippen molar-refractivity contribution in [2.45, 2.75) is 75.2 Å². The van der Waals surface area contributed by atoms with Crippen LogP contribution in [0.2, 0.25) is 18.1 Å². The Morgan fingerprint density at radius 2 is 2.08 bits per heavy atom. The zero-order valence-corrected chi connectivity index (χ0v) is 17.9. The van der Waals surface area contributed by atoms with E-state index >= 15 is 0 Å². The van der Waals surface area contributed by atoms with Crippen LogP contribution in [0.15, 0.2) is 4.99 Å². The van der Waals surface area contributed by atoms with Crippen molar-refractivity contribution in [1.29, 1.82) is 0 Å². The smallest absolute Gasteiger partial charge is 0.413 e. The van der Waals surface area contributed by atoms with Gasteiger partial charge in [-0.2, -0.15) is 0 Å². The van der Waals surface area contributed by atoms with Gasteiger partial charge in [-0.1, -0.05) is 32.5 Å². The first-order chi connectivity index (χ1) is 11.8. The van der Waals surface area contributed by atoms with Gasteiger partial charge in [0, 0.05) is 13.7 Å². The Morgan fingerprint density at radius 1 is 1.46 bits per heavy atom. The molecule has 0 aromatic heterocycles. The minimum Gasteiger partial charge on any atom is -0.465 e. The molecule has 0 spiro atoms. The third kappa shape index (κ3) is 4.41. The monoisotopic (exact) mass is 408 g/mol. The molecule has 0 unspecified atom stereocenters. The Balaban J connectivity index is 1.96. The molecule has 7 nitrogen and oxygen atoms in total. The molecule has 0 aromatic rings. The molecule has 5 atom stereocenters. The average Bonchev–Trinajstić information content (AvgIpc) is 2.94. The quantitative estimate of drug-likeness (QED) is 0.695. The maximum absolute atomic E-state index is 14.6. The van der Waals surface area contributed by atoms with Crippen LogP contribution in [0.4, 0.5) is 9.18 Å². The van der Waals surface area contributed by atoms with Crippen LogP contribution in [-0.2, 0) is 9.16 Å². The first-order valence-corrected chi connectivity index (χ1v) is 12.5. The number of carbonyl (C=O) groups is 1. The van der Waals surface area contributed by atoms with Crippen LogP contribution in [0.25, 0.3) is 0 Å². The second-order valence-electron chi connectivity index (χ2n) is 8.24. The van der Waals surface area contributed by atoms with Crippen molar-refractivity contribution in [2.75, 3.05) is 13.7 Å². The van der Waals surface area contributed by atoms with E-state index in [2.05, 4.69) is 38.9 Å². The van der Waals surface area contributed by atoms with E-state index in [0.29, 0.717) is 13.0 Å². The third-order valence-electron chi connectivity index (χ3n) is 5.35. The van der Waals surface area contributed by atoms with Crippen molar-refractivity contribution in [3.8, 4) is 0 Å². The average molecular weight is 409 g/mol. The van der Waals surface area contributed by atoms with E-state index in [1.165, 1.54) is 7.05 Å². The number of aliphatic hydroxyl groups excluding tert-OH is 1. The summed E-state index contributed by atoms with van der Waals surface area (Å²) in [6.45, 7) is 11.1. The summed E-state index contributed by atoms with van der Waals surface area (Å²) in [6.07, 6.45) is -4.41. The molecular formula is C16H29FN2O5SSi. The third-order valence-corrected chi connectivity index (χ3v) is 11.1. The lowest BCUT2D eigenvalue weighted by atomic mass is 9.98. The number of carboxylic acid groups (broad SMARTS) is 1. The van der Waals surface area contributed by atoms with E-state index in [1.807, 2.05) is 0 Å². The standard InChI is InChI=1S/C16H29FN2O5SSi/c1-16(2,3)26(5,6)23-8-7-9-12(20)10(17)11-13(24-9)25-14(18-11)19(4)15(21)22/h9-13,20H,7-8H2,1-6H3,(H,21,22)/t9-,10+,11+,12+,13+/m0/s1. The summed E-state index contributed by atoms with van der Waals surface area (Å²) in [6, 6.07) is -0.899. The molecule has 10 heteroatoms. The van der Waals surface area contributed by atoms with Gasteiger partial charge >= 0.3 is 6.09 Å². The number of nitrogens with zero attached hydrogens (tertiary/aromatic N) is 2. The zero-order valence-electron chi connectivity index (χ0n) is 16.1. The van der Waals surface area contributed by atoms with Crippen molar-refractivity contribution in [2.24, 2.45) is 4.99 Å². The van der Waals surface area contributed by atoms with Crippen molar-refractivity contribution in [3.05, 3.63) is 0 Å². The van der Waals surface area contributed by atoms with E-state index in [9.17, 15) is 14.3 Å². The molecule has 0 saturated carbocycles. The Hall–Kier alpha value is -0.683. The SMILES string of the molecule is CN(C(=O)O)C1=N[C@@H]2[C@@H](F)[C@H](O)[C@H](CCO[Si](C)(C)C(C)(C)C)O[C@@H]2S1. The van der Waals surface area contributed by atoms with Crippen LogP contribution in [0.3, 0.4) is 0 Å². The lowest BCUT2D eigenvalue weighted by Crippen LogP contribution is -2.53. The second kappa shape index (κ2) is 7.74. The molecule has 1 fully saturated rings. The fourth-order valence-corrected chi connectivity index (χ4v) is 4.75. The van der Waals surface area contributed by atoms with E-state index in [0.717, 1.165) is 16.7 Å². The fraction of sp³-hybridized carbons (Fsp3) is 0.875. The van der Waals surface area contributed by atoms with Crippen LogP contribution >= 0.6 is 11.8 Å². The topological polar surface area (TPSA) is 91.6 Å². The van der Waals surface area contributed by atoms with Crippen LogP contribution < -0.4 is 0 Å². The molecule has 1 saturated heterocycles. The molecule has 2 aliphatic heterocycles. The minimum absolute atomic E-state index is 0.0677. The lowest BCUT2D eigenvalue weighted by molar-refractivity contribution is -0.135. The number of halogens is 1. The Bertz CT molecular complexity index is 571. The molecule has 2 N–H and O–H groups in total. The Labute approximate surface area is 159 Å². The van der Waals surface area contributed by atoms with Crippen LogP contribution in [0, 0.1) is 0 Å². The summed E-state index contributed by atoms with van der Waals surface area (Å²) in [5.41, 5.74) is -0.636. The lowest BCUT2D eigenvalue weighted by Gasteiger charge is -2.39. The summed E-state index contributed by atoms with van der Waals surface area (Å²) in [5, 5.41) is 19.5. The Morgan fingerprint density at radius 3 is 2.62 bits per heavy atom. The largest absolute Gasteiger partial charge is 0.465 e. The fourth-order valence-electron chi connectivity index (χ4n) is 2.51. The molecule has 150 valence electrons. The van der Waals surface area contributed by atoms with E-state index in [4.69, 9.17) is 14.3 Å². The second-order valence-corrected chi connectivity index (χ2v) is 14.1. The number of alkyl halides is 1. The first-order valence-electron chi connectivity index (χ1n) is 8.68. The number of amides is 1. The van der Waals surface area contributed by atoms with Crippen molar-refractivity contribution >= 4 is 31.3 Å². The van der Waals surface area contributed by atoms with Gasteiger partial charge in [0.25, 0.3) is 0 Å². The Kier molecular flexibility index (Phi) is 6.44. The van der Waals surface area contributed by atoms with Gasteiger partial charge in [0.2, 0.25) is 0 Å². The highest BCUT2D eigenvalue weighted by Crippen LogP contribution is 2.40. The summed E-state index contributed by atoms with van der Waals surface area (Å²) in [7, 11) is -0.577. The molecule has 0 radical (unpaired) electrons. The molecule has 2 rings (SSSR count). The molecule has 0 aromatic carbocycles. The van der Waals surface area contributed by atoms with Gasteiger partial charge in [0.05, 0.1) is 6.10 Å². The highest BCUT2D eigenvalue weighted by Gasteiger charge is 2.50. The number of ether oxygens (including phenoxy) is 1. The normalized spacial score (nSPS) is 32.2. The van der Waals surface area contributed by atoms with Gasteiger partial charge in [-0.3, -0.25) is 9.89 Å². The molecule has 1 amide bonds. The van der Waals surface area contributed by atoms with Crippen LogP contribution in [0.5, 0.6) is 0 Å². The van der Waals surface area contributed by atoms with Gasteiger partial charge in [-0.25, -0.2) is 9.18 Å². The summed E-state index contributed by atoms with van der Waals surface area (Å²) < 4.78 is 26.5. The molecule has 0 bridgehead atoms. The van der Waals surface area contributed by atoms with Crippen molar-refractivity contribution in [3.63, 3.8) is 0 Å². The van der Waals surface area contributed by atoms with Gasteiger partial charge in [-0.05, 0) is 24.6 Å². The summed E-state index contributed by atoms with van der Waals surface area (Å²) in [4.78, 5) is 16.1. The molecule has 26 heavy (non-hydrogen) atoms. The number of rotatable bonds is 4. The number of hydrogen-bond donors (Lipinski definition) is 2. The number of fused-ring (bicyclic) bond motifs is 1. The van der Waals surface area contributed by atoms with Gasteiger partial charge < -0.3 is 19.4 Å². The summed E-state index contributed by atoms with van der Waals surface area (Å²) in [5.74, 6) is 0. The van der Waals surface area contributed by atoms with E-state index < -0.39 is 44.3 Å². The summed E-state index contributed by atoms with van der Waals surface area (Å²) >= 11 is 1.07. The number of amidine groups is 1. The maximum Gasteiger partial charge on any atom is 0.413 e.